The summed E-state index contributed by atoms with van der Waals surface area (Å²) >= 11 is 0. The number of nitrogens with one attached hydrogen (secondary N) is 1. The van der Waals surface area contributed by atoms with Gasteiger partial charge < -0.3 is 8.94 Å². The van der Waals surface area contributed by atoms with Gasteiger partial charge in [0.05, 0.1) is 18.8 Å². The molecule has 1 N–H and O–H groups in total. The first kappa shape index (κ1) is 14.3. The highest BCUT2D eigenvalue weighted by Crippen LogP contribution is 2.31. The molecule has 1 aliphatic rings. The van der Waals surface area contributed by atoms with Crippen molar-refractivity contribution in [1.29, 1.82) is 0 Å². The molecule has 0 radical (unpaired) electrons. The van der Waals surface area contributed by atoms with Gasteiger partial charge in [0.15, 0.2) is 5.82 Å². The zero-order valence-electron chi connectivity index (χ0n) is 12.6. The van der Waals surface area contributed by atoms with Crippen LogP contribution < -0.4 is 5.32 Å². The van der Waals surface area contributed by atoms with Crippen molar-refractivity contribution in [1.82, 2.24) is 20.4 Å². The van der Waals surface area contributed by atoms with Crippen molar-refractivity contribution in [2.45, 2.75) is 64.5 Å². The van der Waals surface area contributed by atoms with E-state index in [1.165, 1.54) is 32.1 Å². The zero-order chi connectivity index (χ0) is 14.7. The van der Waals surface area contributed by atoms with E-state index >= 15 is 0 Å². The van der Waals surface area contributed by atoms with Crippen molar-refractivity contribution in [3.8, 4) is 0 Å². The van der Waals surface area contributed by atoms with Gasteiger partial charge in [0, 0.05) is 5.92 Å². The molecule has 1 aliphatic carbocycles. The van der Waals surface area contributed by atoms with E-state index in [9.17, 15) is 0 Å². The van der Waals surface area contributed by atoms with Gasteiger partial charge in [0.25, 0.3) is 0 Å². The van der Waals surface area contributed by atoms with E-state index in [4.69, 9.17) is 8.94 Å². The van der Waals surface area contributed by atoms with Gasteiger partial charge in [0.2, 0.25) is 11.8 Å². The van der Waals surface area contributed by atoms with E-state index in [1.54, 1.807) is 6.20 Å². The summed E-state index contributed by atoms with van der Waals surface area (Å²) in [6.45, 7) is 4.44. The molecule has 0 spiro atoms. The molecular formula is C15H22N4O2. The van der Waals surface area contributed by atoms with E-state index in [1.807, 2.05) is 13.8 Å². The van der Waals surface area contributed by atoms with Crippen LogP contribution in [0.2, 0.25) is 0 Å². The molecule has 0 bridgehead atoms. The van der Waals surface area contributed by atoms with E-state index < -0.39 is 0 Å². The van der Waals surface area contributed by atoms with Crippen LogP contribution in [0.5, 0.6) is 0 Å². The van der Waals surface area contributed by atoms with Crippen LogP contribution in [0, 0.1) is 6.92 Å². The average molecular weight is 290 g/mol. The summed E-state index contributed by atoms with van der Waals surface area (Å²) in [5, 5.41) is 7.45. The zero-order valence-corrected chi connectivity index (χ0v) is 12.6. The minimum absolute atomic E-state index is 0.0120. The lowest BCUT2D eigenvalue weighted by Crippen LogP contribution is -2.18. The Balaban J connectivity index is 1.57. The topological polar surface area (TPSA) is 77.0 Å². The lowest BCUT2D eigenvalue weighted by molar-refractivity contribution is 0.323. The van der Waals surface area contributed by atoms with Crippen LogP contribution in [0.1, 0.15) is 74.4 Å². The van der Waals surface area contributed by atoms with Crippen molar-refractivity contribution in [3.05, 3.63) is 29.6 Å². The quantitative estimate of drug-likeness (QED) is 0.910. The third-order valence-corrected chi connectivity index (χ3v) is 4.03. The fourth-order valence-electron chi connectivity index (χ4n) is 2.76. The van der Waals surface area contributed by atoms with Crippen LogP contribution >= 0.6 is 0 Å². The normalized spacial score (nSPS) is 18.0. The van der Waals surface area contributed by atoms with Crippen molar-refractivity contribution in [3.63, 3.8) is 0 Å². The molecule has 1 fully saturated rings. The Morgan fingerprint density at radius 3 is 2.86 bits per heavy atom. The maximum absolute atomic E-state index is 5.43. The summed E-state index contributed by atoms with van der Waals surface area (Å²) in [5.41, 5.74) is 0. The van der Waals surface area contributed by atoms with E-state index in [2.05, 4.69) is 20.4 Å². The third kappa shape index (κ3) is 3.50. The molecule has 0 aromatic carbocycles. The fourth-order valence-corrected chi connectivity index (χ4v) is 2.76. The summed E-state index contributed by atoms with van der Waals surface area (Å²) in [7, 11) is 0. The Bertz CT molecular complexity index is 572. The first-order valence-electron chi connectivity index (χ1n) is 7.70. The molecule has 2 heterocycles. The van der Waals surface area contributed by atoms with Crippen LogP contribution in [0.3, 0.4) is 0 Å². The second-order valence-electron chi connectivity index (χ2n) is 5.79. The van der Waals surface area contributed by atoms with Gasteiger partial charge >= 0.3 is 0 Å². The number of hydrogen-bond donors (Lipinski definition) is 1. The predicted molar refractivity (Wildman–Crippen MR) is 76.6 cm³/mol. The molecule has 114 valence electrons. The number of nitrogens with zero attached hydrogens (tertiary/aromatic N) is 3. The first-order chi connectivity index (χ1) is 10.2. The molecule has 0 aliphatic heterocycles. The van der Waals surface area contributed by atoms with Crippen molar-refractivity contribution in [2.75, 3.05) is 0 Å². The fraction of sp³-hybridized carbons (Fsp3) is 0.667. The summed E-state index contributed by atoms with van der Waals surface area (Å²) in [6.07, 6.45) is 7.94. The first-order valence-corrected chi connectivity index (χ1v) is 7.70. The van der Waals surface area contributed by atoms with Gasteiger partial charge in [-0.3, -0.25) is 5.32 Å². The molecule has 1 atom stereocenters. The average Bonchev–Trinajstić information content (AvgIpc) is 3.15. The maximum atomic E-state index is 5.43. The molecule has 0 unspecified atom stereocenters. The molecule has 2 aromatic rings. The monoisotopic (exact) mass is 290 g/mol. The summed E-state index contributed by atoms with van der Waals surface area (Å²) in [4.78, 5) is 8.72. The van der Waals surface area contributed by atoms with Crippen molar-refractivity contribution in [2.24, 2.45) is 0 Å². The summed E-state index contributed by atoms with van der Waals surface area (Å²) in [6, 6.07) is -0.0120. The molecule has 0 saturated heterocycles. The van der Waals surface area contributed by atoms with Gasteiger partial charge in [-0.2, -0.15) is 4.98 Å². The SMILES string of the molecule is Cc1cnc(CN[C@@H](C)c2nc(C3CCCCC3)no2)o1. The predicted octanol–water partition coefficient (Wildman–Crippen LogP) is 3.26. The largest absolute Gasteiger partial charge is 0.445 e. The minimum atomic E-state index is -0.0120. The van der Waals surface area contributed by atoms with Crippen LogP contribution in [0.25, 0.3) is 0 Å². The number of oxazole rings is 1. The maximum Gasteiger partial charge on any atom is 0.243 e. The van der Waals surface area contributed by atoms with Crippen LogP contribution in [-0.4, -0.2) is 15.1 Å². The Morgan fingerprint density at radius 2 is 2.14 bits per heavy atom. The minimum Gasteiger partial charge on any atom is -0.445 e. The number of aromatic nitrogens is 3. The number of rotatable bonds is 5. The highest BCUT2D eigenvalue weighted by atomic mass is 16.5. The standard InChI is InChI=1S/C15H22N4O2/c1-10-8-17-13(20-10)9-16-11(2)15-18-14(19-21-15)12-6-4-3-5-7-12/h8,11-12,16H,3-7,9H2,1-2H3/t11-/m0/s1. The highest BCUT2D eigenvalue weighted by Gasteiger charge is 2.22. The third-order valence-electron chi connectivity index (χ3n) is 4.03. The molecular weight excluding hydrogens is 268 g/mol. The van der Waals surface area contributed by atoms with Crippen molar-refractivity contribution < 1.29 is 8.94 Å². The molecule has 6 heteroatoms. The number of aryl methyl sites for hydroxylation is 1. The van der Waals surface area contributed by atoms with E-state index in [0.717, 1.165) is 11.6 Å². The van der Waals surface area contributed by atoms with Crippen molar-refractivity contribution >= 4 is 0 Å². The van der Waals surface area contributed by atoms with Gasteiger partial charge in [0.1, 0.15) is 5.76 Å². The van der Waals surface area contributed by atoms with Crippen LogP contribution in [0.4, 0.5) is 0 Å². The van der Waals surface area contributed by atoms with Gasteiger partial charge in [-0.25, -0.2) is 4.98 Å². The summed E-state index contributed by atoms with van der Waals surface area (Å²) in [5.74, 6) is 3.46. The second kappa shape index (κ2) is 6.39. The molecule has 0 amide bonds. The smallest absolute Gasteiger partial charge is 0.243 e. The Hall–Kier alpha value is -1.69. The van der Waals surface area contributed by atoms with Gasteiger partial charge in [-0.15, -0.1) is 0 Å². The molecule has 3 rings (SSSR count). The molecule has 21 heavy (non-hydrogen) atoms. The van der Waals surface area contributed by atoms with Crippen LogP contribution in [0.15, 0.2) is 15.1 Å². The number of hydrogen-bond acceptors (Lipinski definition) is 6. The Kier molecular flexibility index (Phi) is 4.34. The summed E-state index contributed by atoms with van der Waals surface area (Å²) < 4.78 is 10.8. The molecule has 2 aromatic heterocycles. The van der Waals surface area contributed by atoms with Gasteiger partial charge in [-0.05, 0) is 26.7 Å². The Morgan fingerprint density at radius 1 is 1.33 bits per heavy atom. The van der Waals surface area contributed by atoms with Crippen LogP contribution in [-0.2, 0) is 6.54 Å². The molecule has 6 nitrogen and oxygen atoms in total. The van der Waals surface area contributed by atoms with E-state index in [-0.39, 0.29) is 6.04 Å². The highest BCUT2D eigenvalue weighted by molar-refractivity contribution is 4.99. The van der Waals surface area contributed by atoms with E-state index in [0.29, 0.717) is 24.2 Å². The van der Waals surface area contributed by atoms with Gasteiger partial charge in [-0.1, -0.05) is 24.4 Å². The lowest BCUT2D eigenvalue weighted by atomic mass is 9.89. The lowest BCUT2D eigenvalue weighted by Gasteiger charge is -2.17. The second-order valence-corrected chi connectivity index (χ2v) is 5.79. The molecule has 1 saturated carbocycles. The Labute approximate surface area is 124 Å².